The van der Waals surface area contributed by atoms with Crippen molar-refractivity contribution >= 4 is 44.7 Å². The van der Waals surface area contributed by atoms with Gasteiger partial charge in [0.05, 0.1) is 28.6 Å². The van der Waals surface area contributed by atoms with E-state index in [4.69, 9.17) is 14.7 Å². The van der Waals surface area contributed by atoms with Crippen molar-refractivity contribution in [1.29, 1.82) is 0 Å². The molecule has 7 nitrogen and oxygen atoms in total. The number of pyridine rings is 3. The van der Waals surface area contributed by atoms with Gasteiger partial charge in [-0.2, -0.15) is 0 Å². The molecule has 0 atom stereocenters. The van der Waals surface area contributed by atoms with Crippen molar-refractivity contribution < 1.29 is 4.74 Å². The average molecular weight is 659 g/mol. The van der Waals surface area contributed by atoms with Crippen LogP contribution in [-0.2, 0) is 10.8 Å². The highest BCUT2D eigenvalue weighted by molar-refractivity contribution is 6.09. The number of aromatic nitrogens is 4. The van der Waals surface area contributed by atoms with Crippen LogP contribution in [0.25, 0.3) is 27.6 Å². The van der Waals surface area contributed by atoms with Crippen LogP contribution in [0.1, 0.15) is 58.2 Å². The summed E-state index contributed by atoms with van der Waals surface area (Å²) in [5, 5.41) is 2.34. The standard InChI is InChI=1S/C43H42N6O/c1-28-21-30(43(5,6)7)25-46-41(28)48-27-47(39-26-44-19-18-37(39)48)31-11-10-12-32(23-31)50-33-15-16-35-34-13-8-9-14-36(34)49(38(35)24-33)40-22-29(17-20-45-40)42(2,3)4/h8-26H,27H2,1-7H3. The van der Waals surface area contributed by atoms with Gasteiger partial charge in [-0.25, -0.2) is 9.97 Å². The minimum absolute atomic E-state index is 0.00487. The van der Waals surface area contributed by atoms with Crippen molar-refractivity contribution in [2.45, 2.75) is 59.3 Å². The summed E-state index contributed by atoms with van der Waals surface area (Å²) in [4.78, 5) is 18.8. The summed E-state index contributed by atoms with van der Waals surface area (Å²) in [7, 11) is 0. The molecule has 1 aliphatic heterocycles. The van der Waals surface area contributed by atoms with Gasteiger partial charge in [-0.15, -0.1) is 0 Å². The van der Waals surface area contributed by atoms with E-state index in [2.05, 4.69) is 147 Å². The lowest BCUT2D eigenvalue weighted by Crippen LogP contribution is -2.25. The van der Waals surface area contributed by atoms with Gasteiger partial charge >= 0.3 is 0 Å². The van der Waals surface area contributed by atoms with Crippen LogP contribution in [-0.4, -0.2) is 26.2 Å². The summed E-state index contributed by atoms with van der Waals surface area (Å²) in [6, 6.07) is 31.7. The van der Waals surface area contributed by atoms with Gasteiger partial charge in [-0.05, 0) is 83.0 Å². The third-order valence-corrected chi connectivity index (χ3v) is 9.67. The molecule has 0 aliphatic carbocycles. The van der Waals surface area contributed by atoms with Gasteiger partial charge in [0.25, 0.3) is 0 Å². The molecular weight excluding hydrogens is 617 g/mol. The molecule has 0 bridgehead atoms. The first-order valence-corrected chi connectivity index (χ1v) is 17.2. The van der Waals surface area contributed by atoms with Gasteiger partial charge in [0, 0.05) is 47.2 Å². The Kier molecular flexibility index (Phi) is 7.40. The molecule has 0 unspecified atom stereocenters. The van der Waals surface area contributed by atoms with Gasteiger partial charge in [-0.3, -0.25) is 9.55 Å². The van der Waals surface area contributed by atoms with Crippen LogP contribution < -0.4 is 14.5 Å². The van der Waals surface area contributed by atoms with E-state index in [1.54, 1.807) is 0 Å². The quantitative estimate of drug-likeness (QED) is 0.183. The predicted molar refractivity (Wildman–Crippen MR) is 205 cm³/mol. The number of anilines is 4. The molecule has 3 aromatic carbocycles. The van der Waals surface area contributed by atoms with Gasteiger partial charge in [-0.1, -0.05) is 71.9 Å². The molecule has 7 aromatic rings. The zero-order valence-electron chi connectivity index (χ0n) is 29.8. The summed E-state index contributed by atoms with van der Waals surface area (Å²) in [5.74, 6) is 3.36. The molecule has 5 heterocycles. The summed E-state index contributed by atoms with van der Waals surface area (Å²) in [6.45, 7) is 16.1. The maximum Gasteiger partial charge on any atom is 0.137 e. The molecule has 4 aromatic heterocycles. The lowest BCUT2D eigenvalue weighted by molar-refractivity contribution is 0.483. The van der Waals surface area contributed by atoms with E-state index in [9.17, 15) is 0 Å². The molecule has 0 saturated heterocycles. The normalized spacial score (nSPS) is 13.3. The van der Waals surface area contributed by atoms with Crippen molar-refractivity contribution in [3.05, 3.63) is 132 Å². The molecule has 0 spiro atoms. The van der Waals surface area contributed by atoms with E-state index < -0.39 is 0 Å². The van der Waals surface area contributed by atoms with E-state index >= 15 is 0 Å². The number of nitrogens with zero attached hydrogens (tertiary/aromatic N) is 6. The number of hydrogen-bond acceptors (Lipinski definition) is 6. The van der Waals surface area contributed by atoms with Crippen LogP contribution in [0.3, 0.4) is 0 Å². The second kappa shape index (κ2) is 11.7. The number of hydrogen-bond donors (Lipinski definition) is 0. The zero-order valence-corrected chi connectivity index (χ0v) is 29.8. The van der Waals surface area contributed by atoms with Crippen molar-refractivity contribution in [1.82, 2.24) is 19.5 Å². The molecule has 0 amide bonds. The highest BCUT2D eigenvalue weighted by atomic mass is 16.5. The number of fused-ring (bicyclic) bond motifs is 4. The Morgan fingerprint density at radius 1 is 0.620 bits per heavy atom. The minimum atomic E-state index is 0.00487. The van der Waals surface area contributed by atoms with Crippen molar-refractivity contribution in [2.24, 2.45) is 0 Å². The maximum atomic E-state index is 6.61. The molecule has 250 valence electrons. The van der Waals surface area contributed by atoms with E-state index in [0.717, 1.165) is 62.2 Å². The Bertz CT molecular complexity index is 2400. The summed E-state index contributed by atoms with van der Waals surface area (Å²) in [6.07, 6.45) is 7.69. The van der Waals surface area contributed by atoms with Crippen molar-refractivity contribution in [2.75, 3.05) is 16.5 Å². The van der Waals surface area contributed by atoms with Crippen molar-refractivity contribution in [3.8, 4) is 17.3 Å². The maximum absolute atomic E-state index is 6.61. The first-order valence-electron chi connectivity index (χ1n) is 17.2. The smallest absolute Gasteiger partial charge is 0.137 e. The lowest BCUT2D eigenvalue weighted by Gasteiger charge is -2.25. The highest BCUT2D eigenvalue weighted by Gasteiger charge is 2.30. The number of rotatable bonds is 5. The number of para-hydroxylation sites is 1. The van der Waals surface area contributed by atoms with Crippen LogP contribution >= 0.6 is 0 Å². The van der Waals surface area contributed by atoms with E-state index in [1.165, 1.54) is 16.5 Å². The molecule has 0 saturated carbocycles. The fourth-order valence-corrected chi connectivity index (χ4v) is 6.89. The third-order valence-electron chi connectivity index (χ3n) is 9.67. The van der Waals surface area contributed by atoms with Gasteiger partial charge in [0.15, 0.2) is 0 Å². The SMILES string of the molecule is Cc1cc(C(C)(C)C)cnc1N1CN(c2cccc(Oc3ccc4c5ccccc5n(-c5cc(C(C)(C)C)ccn5)c4c3)c2)c2cnccc21. The number of benzene rings is 3. The molecular formula is C43H42N6O. The van der Waals surface area contributed by atoms with Gasteiger partial charge < -0.3 is 14.5 Å². The fraction of sp³-hybridized carbons (Fsp3) is 0.233. The average Bonchev–Trinajstić information content (AvgIpc) is 3.64. The largest absolute Gasteiger partial charge is 0.457 e. The second-order valence-corrected chi connectivity index (χ2v) is 15.3. The van der Waals surface area contributed by atoms with Gasteiger partial charge in [0.1, 0.15) is 29.8 Å². The van der Waals surface area contributed by atoms with E-state index in [-0.39, 0.29) is 10.8 Å². The summed E-state index contributed by atoms with van der Waals surface area (Å²) >= 11 is 0. The van der Waals surface area contributed by atoms with Crippen LogP contribution in [0.15, 0.2) is 116 Å². The molecule has 1 aliphatic rings. The molecule has 0 radical (unpaired) electrons. The first-order chi connectivity index (χ1) is 24.0. The molecule has 0 N–H and O–H groups in total. The Morgan fingerprint density at radius 3 is 2.20 bits per heavy atom. The summed E-state index contributed by atoms with van der Waals surface area (Å²) in [5.41, 5.74) is 8.93. The van der Waals surface area contributed by atoms with Crippen LogP contribution in [0.4, 0.5) is 22.9 Å². The summed E-state index contributed by atoms with van der Waals surface area (Å²) < 4.78 is 8.86. The lowest BCUT2D eigenvalue weighted by atomic mass is 9.87. The van der Waals surface area contributed by atoms with Crippen LogP contribution in [0.2, 0.25) is 0 Å². The minimum Gasteiger partial charge on any atom is -0.457 e. The topological polar surface area (TPSA) is 59.3 Å². The molecule has 50 heavy (non-hydrogen) atoms. The molecule has 0 fully saturated rings. The Hall–Kier alpha value is -5.69. The molecule has 8 rings (SSSR count). The first kappa shape index (κ1) is 31.6. The van der Waals surface area contributed by atoms with E-state index in [0.29, 0.717) is 6.67 Å². The highest BCUT2D eigenvalue weighted by Crippen LogP contribution is 2.45. The monoisotopic (exact) mass is 658 g/mol. The van der Waals surface area contributed by atoms with Gasteiger partial charge in [0.2, 0.25) is 0 Å². The Morgan fingerprint density at radius 2 is 1.40 bits per heavy atom. The Labute approximate surface area is 293 Å². The Balaban J connectivity index is 1.14. The van der Waals surface area contributed by atoms with E-state index in [1.807, 2.05) is 36.9 Å². The number of ether oxygens (including phenoxy) is 1. The van der Waals surface area contributed by atoms with Crippen LogP contribution in [0.5, 0.6) is 11.5 Å². The zero-order chi connectivity index (χ0) is 34.8. The molecule has 7 heteroatoms. The predicted octanol–water partition coefficient (Wildman–Crippen LogP) is 10.9. The number of aryl methyl sites for hydroxylation is 1. The second-order valence-electron chi connectivity index (χ2n) is 15.3. The fourth-order valence-electron chi connectivity index (χ4n) is 6.89. The van der Waals surface area contributed by atoms with Crippen LogP contribution in [0, 0.1) is 6.92 Å². The van der Waals surface area contributed by atoms with Crippen molar-refractivity contribution in [3.63, 3.8) is 0 Å². The third kappa shape index (κ3) is 5.53.